The van der Waals surface area contributed by atoms with Crippen molar-refractivity contribution in [3.05, 3.63) is 36.5 Å². The van der Waals surface area contributed by atoms with E-state index in [4.69, 9.17) is 4.74 Å². The summed E-state index contributed by atoms with van der Waals surface area (Å²) in [6.07, 6.45) is 7.98. The van der Waals surface area contributed by atoms with Crippen molar-refractivity contribution in [2.75, 3.05) is 6.61 Å². The van der Waals surface area contributed by atoms with Crippen LogP contribution in [0.2, 0.25) is 0 Å². The van der Waals surface area contributed by atoms with E-state index in [2.05, 4.69) is 6.58 Å². The van der Waals surface area contributed by atoms with Gasteiger partial charge >= 0.3 is 5.97 Å². The Kier molecular flexibility index (Phi) is 3.86. The van der Waals surface area contributed by atoms with Crippen LogP contribution in [0.4, 0.5) is 0 Å². The predicted octanol–water partition coefficient (Wildman–Crippen LogP) is 1.74. The van der Waals surface area contributed by atoms with Crippen LogP contribution in [-0.4, -0.2) is 23.3 Å². The van der Waals surface area contributed by atoms with Crippen LogP contribution in [-0.2, 0) is 9.53 Å². The van der Waals surface area contributed by atoms with Crippen molar-refractivity contribution in [3.63, 3.8) is 0 Å². The standard InChI is InChI=1S/C12H16O3/c1-3-9-15-11(13)10(2)12(14)7-5-4-6-8-12/h4-7,14H,2-3,8-9H2,1H3. The van der Waals surface area contributed by atoms with Gasteiger partial charge in [0.1, 0.15) is 5.60 Å². The molecule has 82 valence electrons. The van der Waals surface area contributed by atoms with Crippen molar-refractivity contribution >= 4 is 5.97 Å². The highest BCUT2D eigenvalue weighted by Crippen LogP contribution is 2.25. The molecule has 3 nitrogen and oxygen atoms in total. The first-order chi connectivity index (χ1) is 7.10. The molecule has 1 aliphatic carbocycles. The van der Waals surface area contributed by atoms with E-state index >= 15 is 0 Å². The Hall–Kier alpha value is -1.35. The van der Waals surface area contributed by atoms with Crippen LogP contribution in [0.1, 0.15) is 19.8 Å². The number of esters is 1. The molecule has 0 aliphatic heterocycles. The quantitative estimate of drug-likeness (QED) is 0.565. The van der Waals surface area contributed by atoms with Gasteiger partial charge in [0, 0.05) is 6.42 Å². The van der Waals surface area contributed by atoms with Gasteiger partial charge in [-0.3, -0.25) is 0 Å². The maximum absolute atomic E-state index is 11.5. The second kappa shape index (κ2) is 4.94. The van der Waals surface area contributed by atoms with Crippen LogP contribution in [0, 0.1) is 0 Å². The number of hydrogen-bond donors (Lipinski definition) is 1. The van der Waals surface area contributed by atoms with Crippen LogP contribution in [0.25, 0.3) is 0 Å². The fourth-order valence-corrected chi connectivity index (χ4v) is 1.29. The number of allylic oxidation sites excluding steroid dienone is 2. The van der Waals surface area contributed by atoms with Gasteiger partial charge in [0.25, 0.3) is 0 Å². The van der Waals surface area contributed by atoms with Gasteiger partial charge in [-0.1, -0.05) is 31.7 Å². The van der Waals surface area contributed by atoms with E-state index in [0.29, 0.717) is 13.0 Å². The number of carbonyl (C=O) groups is 1. The molecule has 0 bridgehead atoms. The van der Waals surface area contributed by atoms with Gasteiger partial charge in [0.2, 0.25) is 0 Å². The van der Waals surface area contributed by atoms with Crippen LogP contribution in [0.5, 0.6) is 0 Å². The van der Waals surface area contributed by atoms with Crippen LogP contribution in [0.15, 0.2) is 36.5 Å². The molecule has 1 N–H and O–H groups in total. The van der Waals surface area contributed by atoms with Crippen molar-refractivity contribution in [3.8, 4) is 0 Å². The third-order valence-electron chi connectivity index (χ3n) is 2.25. The van der Waals surface area contributed by atoms with Gasteiger partial charge in [-0.2, -0.15) is 0 Å². The molecule has 0 fully saturated rings. The maximum atomic E-state index is 11.5. The van der Waals surface area contributed by atoms with Gasteiger partial charge in [0.15, 0.2) is 0 Å². The number of hydrogen-bond acceptors (Lipinski definition) is 3. The monoisotopic (exact) mass is 208 g/mol. The molecule has 1 atom stereocenters. The highest BCUT2D eigenvalue weighted by Gasteiger charge is 2.32. The Morgan fingerprint density at radius 3 is 2.87 bits per heavy atom. The Labute approximate surface area is 89.7 Å². The molecule has 0 aromatic heterocycles. The second-order valence-corrected chi connectivity index (χ2v) is 3.53. The predicted molar refractivity (Wildman–Crippen MR) is 58.2 cm³/mol. The third kappa shape index (κ3) is 2.80. The van der Waals surface area contributed by atoms with E-state index in [1.807, 2.05) is 13.0 Å². The summed E-state index contributed by atoms with van der Waals surface area (Å²) in [6, 6.07) is 0. The summed E-state index contributed by atoms with van der Waals surface area (Å²) in [5.41, 5.74) is -1.18. The molecule has 0 saturated heterocycles. The average Bonchev–Trinajstić information content (AvgIpc) is 2.26. The van der Waals surface area contributed by atoms with Crippen LogP contribution < -0.4 is 0 Å². The maximum Gasteiger partial charge on any atom is 0.336 e. The van der Waals surface area contributed by atoms with E-state index in [1.54, 1.807) is 18.2 Å². The summed E-state index contributed by atoms with van der Waals surface area (Å²) in [5.74, 6) is -0.528. The van der Waals surface area contributed by atoms with E-state index in [9.17, 15) is 9.90 Å². The van der Waals surface area contributed by atoms with Gasteiger partial charge in [0.05, 0.1) is 12.2 Å². The Morgan fingerprint density at radius 1 is 1.60 bits per heavy atom. The SMILES string of the molecule is C=C(C(=O)OCCC)C1(O)C=CC=CC1. The van der Waals surface area contributed by atoms with E-state index in [-0.39, 0.29) is 5.57 Å². The second-order valence-electron chi connectivity index (χ2n) is 3.53. The molecular weight excluding hydrogens is 192 g/mol. The van der Waals surface area contributed by atoms with Crippen LogP contribution >= 0.6 is 0 Å². The minimum atomic E-state index is -1.28. The zero-order valence-corrected chi connectivity index (χ0v) is 8.90. The van der Waals surface area contributed by atoms with Crippen molar-refractivity contribution in [2.24, 2.45) is 0 Å². The molecule has 0 aromatic carbocycles. The summed E-state index contributed by atoms with van der Waals surface area (Å²) < 4.78 is 4.91. The van der Waals surface area contributed by atoms with E-state index < -0.39 is 11.6 Å². The van der Waals surface area contributed by atoms with Gasteiger partial charge < -0.3 is 9.84 Å². The van der Waals surface area contributed by atoms with Crippen molar-refractivity contribution in [1.29, 1.82) is 0 Å². The molecule has 0 heterocycles. The van der Waals surface area contributed by atoms with Gasteiger partial charge in [-0.15, -0.1) is 0 Å². The van der Waals surface area contributed by atoms with E-state index in [1.165, 1.54) is 0 Å². The molecule has 15 heavy (non-hydrogen) atoms. The molecule has 0 spiro atoms. The lowest BCUT2D eigenvalue weighted by atomic mass is 9.88. The first-order valence-electron chi connectivity index (χ1n) is 5.03. The summed E-state index contributed by atoms with van der Waals surface area (Å²) in [4.78, 5) is 11.5. The minimum Gasteiger partial charge on any atom is -0.462 e. The Morgan fingerprint density at radius 2 is 2.33 bits per heavy atom. The largest absolute Gasteiger partial charge is 0.462 e. The zero-order chi connectivity index (χ0) is 11.3. The number of rotatable bonds is 4. The summed E-state index contributed by atoms with van der Waals surface area (Å²) >= 11 is 0. The highest BCUT2D eigenvalue weighted by molar-refractivity contribution is 5.90. The smallest absolute Gasteiger partial charge is 0.336 e. The van der Waals surface area contributed by atoms with Crippen molar-refractivity contribution in [2.45, 2.75) is 25.4 Å². The van der Waals surface area contributed by atoms with Gasteiger partial charge in [-0.05, 0) is 12.5 Å². The Bertz CT molecular complexity index is 315. The van der Waals surface area contributed by atoms with Crippen molar-refractivity contribution in [1.82, 2.24) is 0 Å². The molecule has 0 radical (unpaired) electrons. The number of ether oxygens (including phenoxy) is 1. The summed E-state index contributed by atoms with van der Waals surface area (Å²) in [6.45, 7) is 5.86. The zero-order valence-electron chi connectivity index (χ0n) is 8.90. The summed E-state index contributed by atoms with van der Waals surface area (Å²) in [7, 11) is 0. The molecule has 0 saturated carbocycles. The highest BCUT2D eigenvalue weighted by atomic mass is 16.5. The molecule has 3 heteroatoms. The topological polar surface area (TPSA) is 46.5 Å². The molecule has 1 rings (SSSR count). The summed E-state index contributed by atoms with van der Waals surface area (Å²) in [5, 5.41) is 10.1. The molecule has 0 amide bonds. The lowest BCUT2D eigenvalue weighted by Crippen LogP contribution is -2.33. The lowest BCUT2D eigenvalue weighted by Gasteiger charge is -2.25. The first-order valence-corrected chi connectivity index (χ1v) is 5.03. The van der Waals surface area contributed by atoms with Crippen molar-refractivity contribution < 1.29 is 14.6 Å². The lowest BCUT2D eigenvalue weighted by molar-refractivity contribution is -0.140. The normalized spacial score (nSPS) is 23.9. The molecular formula is C12H16O3. The molecule has 1 unspecified atom stereocenters. The number of carbonyl (C=O) groups excluding carboxylic acids is 1. The van der Waals surface area contributed by atoms with E-state index in [0.717, 1.165) is 6.42 Å². The van der Waals surface area contributed by atoms with Gasteiger partial charge in [-0.25, -0.2) is 4.79 Å². The third-order valence-corrected chi connectivity index (χ3v) is 2.25. The number of aliphatic hydroxyl groups is 1. The molecule has 1 aliphatic rings. The average molecular weight is 208 g/mol. The fourth-order valence-electron chi connectivity index (χ4n) is 1.29. The molecule has 0 aromatic rings. The first kappa shape index (κ1) is 11.7. The Balaban J connectivity index is 2.63. The fraction of sp³-hybridized carbons (Fsp3) is 0.417. The minimum absolute atomic E-state index is 0.0940. The van der Waals surface area contributed by atoms with Crippen LogP contribution in [0.3, 0.4) is 0 Å².